The topological polar surface area (TPSA) is 109 Å². The molecule has 0 bridgehead atoms. The Morgan fingerprint density at radius 2 is 1.59 bits per heavy atom. The molecule has 34 heavy (non-hydrogen) atoms. The summed E-state index contributed by atoms with van der Waals surface area (Å²) in [7, 11) is 0. The van der Waals surface area contributed by atoms with Crippen LogP contribution in [0.2, 0.25) is 0 Å². The van der Waals surface area contributed by atoms with Crippen molar-refractivity contribution in [2.24, 2.45) is 5.73 Å². The molecule has 0 saturated carbocycles. The number of pyridine rings is 1. The first-order valence-electron chi connectivity index (χ1n) is 10.7. The van der Waals surface area contributed by atoms with E-state index in [1.54, 1.807) is 96.2 Å². The van der Waals surface area contributed by atoms with Gasteiger partial charge in [-0.15, -0.1) is 0 Å². The Bertz CT molecular complexity index is 1260. The highest BCUT2D eigenvalue weighted by Gasteiger charge is 2.22. The number of aromatic nitrogens is 1. The fourth-order valence-corrected chi connectivity index (χ4v) is 3.53. The number of hydrogen-bond acceptors (Lipinski definition) is 5. The highest BCUT2D eigenvalue weighted by atomic mass is 16.3. The Morgan fingerprint density at radius 3 is 2.26 bits per heavy atom. The van der Waals surface area contributed by atoms with Gasteiger partial charge >= 0.3 is 0 Å². The van der Waals surface area contributed by atoms with E-state index in [0.29, 0.717) is 22.5 Å². The van der Waals surface area contributed by atoms with E-state index in [2.05, 4.69) is 10.3 Å². The zero-order valence-electron chi connectivity index (χ0n) is 18.3. The van der Waals surface area contributed by atoms with Gasteiger partial charge in [0, 0.05) is 53.5 Å². The van der Waals surface area contributed by atoms with Crippen molar-refractivity contribution >= 4 is 23.2 Å². The van der Waals surface area contributed by atoms with Crippen molar-refractivity contribution in [1.29, 1.82) is 0 Å². The number of amides is 2. The van der Waals surface area contributed by atoms with Crippen LogP contribution in [0.3, 0.4) is 0 Å². The molecule has 2 amide bonds. The van der Waals surface area contributed by atoms with Crippen LogP contribution in [0.25, 0.3) is 0 Å². The van der Waals surface area contributed by atoms with Gasteiger partial charge in [0.2, 0.25) is 0 Å². The lowest BCUT2D eigenvalue weighted by molar-refractivity contribution is 0.0984. The van der Waals surface area contributed by atoms with Gasteiger partial charge in [-0.3, -0.25) is 14.6 Å². The minimum absolute atomic E-state index is 0.0569. The molecule has 1 unspecified atom stereocenters. The summed E-state index contributed by atoms with van der Waals surface area (Å²) in [6, 6.07) is 25.3. The third kappa shape index (κ3) is 5.46. The van der Waals surface area contributed by atoms with E-state index >= 15 is 0 Å². The number of nitrogens with one attached hydrogen (secondary N) is 1. The smallest absolute Gasteiger partial charge is 0.258 e. The van der Waals surface area contributed by atoms with E-state index in [0.717, 1.165) is 5.56 Å². The lowest BCUT2D eigenvalue weighted by Crippen LogP contribution is -2.37. The molecule has 4 N–H and O–H groups in total. The summed E-state index contributed by atoms with van der Waals surface area (Å²) in [4.78, 5) is 31.2. The van der Waals surface area contributed by atoms with E-state index in [1.807, 2.05) is 6.07 Å². The van der Waals surface area contributed by atoms with Gasteiger partial charge in [-0.05, 0) is 54.1 Å². The van der Waals surface area contributed by atoms with Crippen molar-refractivity contribution in [2.75, 3.05) is 16.8 Å². The number of rotatable bonds is 7. The first-order valence-corrected chi connectivity index (χ1v) is 10.7. The number of nitrogens with zero attached hydrogens (tertiary/aromatic N) is 2. The molecule has 0 aliphatic heterocycles. The predicted octanol–water partition coefficient (Wildman–Crippen LogP) is 4.39. The maximum atomic E-state index is 13.3. The zero-order chi connectivity index (χ0) is 23.9. The van der Waals surface area contributed by atoms with Crippen LogP contribution in [-0.4, -0.2) is 28.4 Å². The number of carbonyl (C=O) groups is 2. The predicted molar refractivity (Wildman–Crippen MR) is 132 cm³/mol. The largest absolute Gasteiger partial charge is 0.508 e. The minimum atomic E-state index is -0.521. The third-order valence-electron chi connectivity index (χ3n) is 5.33. The van der Waals surface area contributed by atoms with Gasteiger partial charge < -0.3 is 21.1 Å². The van der Waals surface area contributed by atoms with Crippen molar-refractivity contribution in [2.45, 2.75) is 6.04 Å². The Kier molecular flexibility index (Phi) is 6.95. The monoisotopic (exact) mass is 452 g/mol. The molecule has 4 aromatic rings. The van der Waals surface area contributed by atoms with E-state index in [-0.39, 0.29) is 24.1 Å². The first kappa shape index (κ1) is 22.7. The molecular weight excluding hydrogens is 428 g/mol. The summed E-state index contributed by atoms with van der Waals surface area (Å²) in [5.41, 5.74) is 9.44. The fourth-order valence-electron chi connectivity index (χ4n) is 3.53. The SMILES string of the molecule is NC(CN(C(=O)c1ccccc1)c1cccc(O)c1)c1ccc(C(=O)Nc2ccncc2)cc1. The maximum Gasteiger partial charge on any atom is 0.258 e. The molecule has 1 aromatic heterocycles. The molecule has 0 aliphatic carbocycles. The number of benzene rings is 3. The first-order chi connectivity index (χ1) is 16.5. The molecule has 0 aliphatic rings. The number of phenolic OH excluding ortho intramolecular Hbond substituents is 1. The second-order valence-electron chi connectivity index (χ2n) is 7.72. The number of nitrogens with two attached hydrogens (primary N) is 1. The van der Waals surface area contributed by atoms with Gasteiger partial charge in [0.05, 0.1) is 0 Å². The molecule has 0 spiro atoms. The van der Waals surface area contributed by atoms with Crippen LogP contribution in [0.15, 0.2) is 103 Å². The van der Waals surface area contributed by atoms with Crippen LogP contribution in [0.4, 0.5) is 11.4 Å². The van der Waals surface area contributed by atoms with E-state index in [9.17, 15) is 14.7 Å². The van der Waals surface area contributed by atoms with Crippen LogP contribution >= 0.6 is 0 Å². The van der Waals surface area contributed by atoms with Gasteiger partial charge in [-0.1, -0.05) is 36.4 Å². The molecule has 0 fully saturated rings. The molecular formula is C27H24N4O3. The normalized spacial score (nSPS) is 11.4. The van der Waals surface area contributed by atoms with Crippen molar-refractivity contribution in [1.82, 2.24) is 4.98 Å². The standard InChI is InChI=1S/C27H24N4O3/c28-25(19-9-11-20(12-10-19)26(33)30-22-13-15-29-16-14-22)18-31(23-7-4-8-24(32)17-23)27(34)21-5-2-1-3-6-21/h1-17,25,32H,18,28H2,(H,29,30,33). The zero-order valence-corrected chi connectivity index (χ0v) is 18.3. The van der Waals surface area contributed by atoms with Gasteiger partial charge in [0.1, 0.15) is 5.75 Å². The lowest BCUT2D eigenvalue weighted by atomic mass is 10.0. The van der Waals surface area contributed by atoms with Gasteiger partial charge in [0.25, 0.3) is 11.8 Å². The molecule has 3 aromatic carbocycles. The van der Waals surface area contributed by atoms with Crippen molar-refractivity contribution < 1.29 is 14.7 Å². The Hall–Kier alpha value is -4.49. The van der Waals surface area contributed by atoms with Crippen LogP contribution < -0.4 is 16.0 Å². The second kappa shape index (κ2) is 10.4. The summed E-state index contributed by atoms with van der Waals surface area (Å²) in [5.74, 6) is -0.413. The van der Waals surface area contributed by atoms with Gasteiger partial charge in [-0.2, -0.15) is 0 Å². The van der Waals surface area contributed by atoms with Gasteiger partial charge in [0.15, 0.2) is 0 Å². The summed E-state index contributed by atoms with van der Waals surface area (Å²) in [6.45, 7) is 0.180. The van der Waals surface area contributed by atoms with E-state index in [1.165, 1.54) is 6.07 Å². The second-order valence-corrected chi connectivity index (χ2v) is 7.72. The van der Waals surface area contributed by atoms with E-state index < -0.39 is 6.04 Å². The third-order valence-corrected chi connectivity index (χ3v) is 5.33. The summed E-state index contributed by atoms with van der Waals surface area (Å²) in [6.07, 6.45) is 3.21. The van der Waals surface area contributed by atoms with Crippen LogP contribution in [0.1, 0.15) is 32.3 Å². The average Bonchev–Trinajstić information content (AvgIpc) is 2.88. The number of anilines is 2. The van der Waals surface area contributed by atoms with Crippen LogP contribution in [0.5, 0.6) is 5.75 Å². The average molecular weight is 453 g/mol. The van der Waals surface area contributed by atoms with Gasteiger partial charge in [-0.25, -0.2) is 0 Å². The highest BCUT2D eigenvalue weighted by Crippen LogP contribution is 2.25. The Balaban J connectivity index is 1.52. The van der Waals surface area contributed by atoms with Crippen molar-refractivity contribution in [3.63, 3.8) is 0 Å². The summed E-state index contributed by atoms with van der Waals surface area (Å²) < 4.78 is 0. The molecule has 4 rings (SSSR count). The summed E-state index contributed by atoms with van der Waals surface area (Å²) >= 11 is 0. The van der Waals surface area contributed by atoms with E-state index in [4.69, 9.17) is 5.73 Å². The molecule has 170 valence electrons. The minimum Gasteiger partial charge on any atom is -0.508 e. The lowest BCUT2D eigenvalue weighted by Gasteiger charge is -2.26. The molecule has 7 heteroatoms. The molecule has 0 saturated heterocycles. The number of carbonyl (C=O) groups excluding carboxylic acids is 2. The number of aromatic hydroxyl groups is 1. The Morgan fingerprint density at radius 1 is 0.882 bits per heavy atom. The van der Waals surface area contributed by atoms with Crippen LogP contribution in [0, 0.1) is 0 Å². The molecule has 7 nitrogen and oxygen atoms in total. The number of phenols is 1. The fraction of sp³-hybridized carbons (Fsp3) is 0.0741. The quantitative estimate of drug-likeness (QED) is 0.385. The van der Waals surface area contributed by atoms with Crippen molar-refractivity contribution in [3.05, 3.63) is 120 Å². The molecule has 1 atom stereocenters. The van der Waals surface area contributed by atoms with Crippen LogP contribution in [-0.2, 0) is 0 Å². The maximum absolute atomic E-state index is 13.3. The number of hydrogen-bond donors (Lipinski definition) is 3. The molecule has 0 radical (unpaired) electrons. The Labute approximate surface area is 197 Å². The highest BCUT2D eigenvalue weighted by molar-refractivity contribution is 6.06. The summed E-state index contributed by atoms with van der Waals surface area (Å²) in [5, 5.41) is 12.8. The van der Waals surface area contributed by atoms with Crippen molar-refractivity contribution in [3.8, 4) is 5.75 Å². The molecule has 1 heterocycles.